The molecule has 2 heterocycles. The highest BCUT2D eigenvalue weighted by Gasteiger charge is 2.33. The summed E-state index contributed by atoms with van der Waals surface area (Å²) in [6.07, 6.45) is 5.44. The standard InChI is InChI=1S/C16H33N3/c1-16(2,14-6-5-9-17-12-14)13-19(4)15-7-10-18(3)11-8-15/h14-15,17H,5-13H2,1-4H3. The second-order valence-corrected chi connectivity index (χ2v) is 7.48. The summed E-state index contributed by atoms with van der Waals surface area (Å²) in [5.41, 5.74) is 0.436. The van der Waals surface area contributed by atoms with Crippen molar-refractivity contribution in [2.75, 3.05) is 46.8 Å². The lowest BCUT2D eigenvalue weighted by molar-refractivity contribution is 0.0679. The molecule has 3 heteroatoms. The highest BCUT2D eigenvalue weighted by atomic mass is 15.2. The molecule has 0 aromatic heterocycles. The molecule has 0 bridgehead atoms. The first kappa shape index (κ1) is 15.3. The first-order chi connectivity index (χ1) is 8.99. The van der Waals surface area contributed by atoms with Crippen LogP contribution in [0.2, 0.25) is 0 Å². The summed E-state index contributed by atoms with van der Waals surface area (Å²) in [6, 6.07) is 0.798. The average molecular weight is 267 g/mol. The molecule has 0 amide bonds. The van der Waals surface area contributed by atoms with E-state index in [1.807, 2.05) is 0 Å². The van der Waals surface area contributed by atoms with Gasteiger partial charge in [-0.2, -0.15) is 0 Å². The molecule has 0 radical (unpaired) electrons. The summed E-state index contributed by atoms with van der Waals surface area (Å²) in [5.74, 6) is 0.843. The van der Waals surface area contributed by atoms with Gasteiger partial charge in [0.25, 0.3) is 0 Å². The Bertz CT molecular complexity index is 263. The molecule has 1 unspecified atom stereocenters. The van der Waals surface area contributed by atoms with Crippen LogP contribution < -0.4 is 5.32 Å². The van der Waals surface area contributed by atoms with Gasteiger partial charge in [-0.15, -0.1) is 0 Å². The van der Waals surface area contributed by atoms with E-state index in [2.05, 4.69) is 43.1 Å². The van der Waals surface area contributed by atoms with Crippen molar-refractivity contribution in [3.8, 4) is 0 Å². The second-order valence-electron chi connectivity index (χ2n) is 7.48. The molecule has 19 heavy (non-hydrogen) atoms. The molecule has 112 valence electrons. The van der Waals surface area contributed by atoms with Crippen LogP contribution in [0.25, 0.3) is 0 Å². The predicted molar refractivity (Wildman–Crippen MR) is 82.5 cm³/mol. The molecule has 2 fully saturated rings. The zero-order valence-electron chi connectivity index (χ0n) is 13.4. The van der Waals surface area contributed by atoms with Crippen molar-refractivity contribution < 1.29 is 0 Å². The fourth-order valence-electron chi connectivity index (χ4n) is 3.86. The van der Waals surface area contributed by atoms with Crippen molar-refractivity contribution in [2.24, 2.45) is 11.3 Å². The minimum atomic E-state index is 0.436. The van der Waals surface area contributed by atoms with E-state index in [9.17, 15) is 0 Å². The van der Waals surface area contributed by atoms with Gasteiger partial charge in [-0.05, 0) is 77.3 Å². The smallest absolute Gasteiger partial charge is 0.0117 e. The lowest BCUT2D eigenvalue weighted by atomic mass is 9.74. The van der Waals surface area contributed by atoms with Gasteiger partial charge in [-0.1, -0.05) is 13.8 Å². The Morgan fingerprint density at radius 3 is 2.47 bits per heavy atom. The summed E-state index contributed by atoms with van der Waals surface area (Å²) < 4.78 is 0. The van der Waals surface area contributed by atoms with Gasteiger partial charge in [0.2, 0.25) is 0 Å². The number of likely N-dealkylation sites (tertiary alicyclic amines) is 1. The van der Waals surface area contributed by atoms with Gasteiger partial charge in [-0.3, -0.25) is 0 Å². The van der Waals surface area contributed by atoms with Crippen molar-refractivity contribution in [3.05, 3.63) is 0 Å². The van der Waals surface area contributed by atoms with E-state index in [0.717, 1.165) is 12.0 Å². The van der Waals surface area contributed by atoms with Crippen LogP contribution in [0.3, 0.4) is 0 Å². The Morgan fingerprint density at radius 2 is 1.89 bits per heavy atom. The van der Waals surface area contributed by atoms with Crippen LogP contribution in [-0.2, 0) is 0 Å². The van der Waals surface area contributed by atoms with E-state index in [4.69, 9.17) is 0 Å². The highest BCUT2D eigenvalue weighted by molar-refractivity contribution is 4.87. The third-order valence-corrected chi connectivity index (χ3v) is 5.37. The molecule has 2 rings (SSSR count). The maximum Gasteiger partial charge on any atom is 0.0117 e. The van der Waals surface area contributed by atoms with E-state index in [-0.39, 0.29) is 0 Å². The van der Waals surface area contributed by atoms with Crippen LogP contribution >= 0.6 is 0 Å². The predicted octanol–water partition coefficient (Wildman–Crippen LogP) is 2.04. The lowest BCUT2D eigenvalue weighted by Crippen LogP contribution is -2.48. The molecule has 2 aliphatic heterocycles. The summed E-state index contributed by atoms with van der Waals surface area (Å²) in [7, 11) is 4.59. The largest absolute Gasteiger partial charge is 0.316 e. The molecular weight excluding hydrogens is 234 g/mol. The first-order valence-electron chi connectivity index (χ1n) is 8.08. The van der Waals surface area contributed by atoms with Gasteiger partial charge in [0.1, 0.15) is 0 Å². The molecule has 0 aliphatic carbocycles. The van der Waals surface area contributed by atoms with Crippen molar-refractivity contribution in [1.29, 1.82) is 0 Å². The normalized spacial score (nSPS) is 27.9. The van der Waals surface area contributed by atoms with Crippen molar-refractivity contribution in [1.82, 2.24) is 15.1 Å². The minimum Gasteiger partial charge on any atom is -0.316 e. The second kappa shape index (κ2) is 6.55. The number of hydrogen-bond acceptors (Lipinski definition) is 3. The van der Waals surface area contributed by atoms with E-state index in [1.165, 1.54) is 58.4 Å². The molecule has 0 spiro atoms. The Labute approximate surface area is 119 Å². The summed E-state index contributed by atoms with van der Waals surface area (Å²) in [4.78, 5) is 5.10. The Balaban J connectivity index is 1.84. The minimum absolute atomic E-state index is 0.436. The SMILES string of the molecule is CN1CCC(N(C)CC(C)(C)C2CCCNC2)CC1. The summed E-state index contributed by atoms with van der Waals surface area (Å²) >= 11 is 0. The van der Waals surface area contributed by atoms with Crippen LogP contribution in [0.4, 0.5) is 0 Å². The number of nitrogens with one attached hydrogen (secondary N) is 1. The van der Waals surface area contributed by atoms with Gasteiger partial charge in [0.15, 0.2) is 0 Å². The van der Waals surface area contributed by atoms with E-state index < -0.39 is 0 Å². The van der Waals surface area contributed by atoms with Crippen LogP contribution in [0.15, 0.2) is 0 Å². The van der Waals surface area contributed by atoms with Crippen molar-refractivity contribution in [2.45, 2.75) is 45.6 Å². The van der Waals surface area contributed by atoms with Crippen molar-refractivity contribution in [3.63, 3.8) is 0 Å². The fourth-order valence-corrected chi connectivity index (χ4v) is 3.86. The van der Waals surface area contributed by atoms with Gasteiger partial charge >= 0.3 is 0 Å². The number of nitrogens with zero attached hydrogens (tertiary/aromatic N) is 2. The maximum absolute atomic E-state index is 3.57. The maximum atomic E-state index is 3.57. The van der Waals surface area contributed by atoms with Crippen LogP contribution in [-0.4, -0.2) is 62.7 Å². The summed E-state index contributed by atoms with van der Waals surface area (Å²) in [5, 5.41) is 3.57. The Kier molecular flexibility index (Phi) is 5.27. The third-order valence-electron chi connectivity index (χ3n) is 5.37. The van der Waals surface area contributed by atoms with Crippen LogP contribution in [0.5, 0.6) is 0 Å². The molecule has 0 aromatic carbocycles. The average Bonchev–Trinajstić information content (AvgIpc) is 2.40. The van der Waals surface area contributed by atoms with Gasteiger partial charge in [0.05, 0.1) is 0 Å². The van der Waals surface area contributed by atoms with Gasteiger partial charge < -0.3 is 15.1 Å². The molecular formula is C16H33N3. The Morgan fingerprint density at radius 1 is 1.21 bits per heavy atom. The van der Waals surface area contributed by atoms with Crippen LogP contribution in [0.1, 0.15) is 39.5 Å². The third kappa shape index (κ3) is 4.17. The Hall–Kier alpha value is -0.120. The van der Waals surface area contributed by atoms with Crippen molar-refractivity contribution >= 4 is 0 Å². The number of hydrogen-bond donors (Lipinski definition) is 1. The monoisotopic (exact) mass is 267 g/mol. The first-order valence-corrected chi connectivity index (χ1v) is 8.08. The highest BCUT2D eigenvalue weighted by Crippen LogP contribution is 2.33. The molecule has 2 aliphatic rings. The zero-order chi connectivity index (χ0) is 13.9. The molecule has 3 nitrogen and oxygen atoms in total. The fraction of sp³-hybridized carbons (Fsp3) is 1.00. The van der Waals surface area contributed by atoms with Gasteiger partial charge in [-0.25, -0.2) is 0 Å². The van der Waals surface area contributed by atoms with E-state index in [1.54, 1.807) is 0 Å². The molecule has 0 saturated carbocycles. The van der Waals surface area contributed by atoms with E-state index in [0.29, 0.717) is 5.41 Å². The topological polar surface area (TPSA) is 18.5 Å². The summed E-state index contributed by atoms with van der Waals surface area (Å²) in [6.45, 7) is 11.1. The number of rotatable bonds is 4. The molecule has 2 saturated heterocycles. The number of piperidine rings is 2. The zero-order valence-corrected chi connectivity index (χ0v) is 13.4. The molecule has 0 aromatic rings. The molecule has 1 atom stereocenters. The molecule has 1 N–H and O–H groups in total. The lowest BCUT2D eigenvalue weighted by Gasteiger charge is -2.43. The van der Waals surface area contributed by atoms with E-state index >= 15 is 0 Å². The van der Waals surface area contributed by atoms with Gasteiger partial charge in [0, 0.05) is 12.6 Å². The van der Waals surface area contributed by atoms with Crippen LogP contribution in [0, 0.1) is 11.3 Å². The quantitative estimate of drug-likeness (QED) is 0.841.